The third kappa shape index (κ3) is 2.41. The Bertz CT molecular complexity index is 858. The molecule has 1 N–H and O–H groups in total. The molecule has 1 amide bonds. The fourth-order valence-electron chi connectivity index (χ4n) is 2.52. The molecular formula is C17H14N4O. The molecule has 22 heavy (non-hydrogen) atoms. The quantitative estimate of drug-likeness (QED) is 0.804. The van der Waals surface area contributed by atoms with E-state index in [-0.39, 0.29) is 5.91 Å². The van der Waals surface area contributed by atoms with Gasteiger partial charge in [-0.15, -0.1) is 0 Å². The van der Waals surface area contributed by atoms with Gasteiger partial charge in [0.2, 0.25) is 0 Å². The number of carbonyl (C=O) groups excluding carboxylic acids is 1. The zero-order valence-corrected chi connectivity index (χ0v) is 11.9. The van der Waals surface area contributed by atoms with Gasteiger partial charge < -0.3 is 5.32 Å². The van der Waals surface area contributed by atoms with Crippen LogP contribution in [0.15, 0.2) is 48.9 Å². The summed E-state index contributed by atoms with van der Waals surface area (Å²) in [5.41, 5.74) is 2.24. The molecule has 1 aliphatic carbocycles. The van der Waals surface area contributed by atoms with Crippen LogP contribution in [0.5, 0.6) is 0 Å². The molecule has 0 spiro atoms. The fraction of sp³-hybridized carbons (Fsp3) is 0.176. The lowest BCUT2D eigenvalue weighted by atomic mass is 10.1. The first-order valence-electron chi connectivity index (χ1n) is 7.28. The third-order valence-corrected chi connectivity index (χ3v) is 3.79. The number of hydrogen-bond donors (Lipinski definition) is 1. The molecule has 0 saturated heterocycles. The minimum atomic E-state index is -0.203. The van der Waals surface area contributed by atoms with Crippen LogP contribution in [0, 0.1) is 0 Å². The number of nitrogens with zero attached hydrogens (tertiary/aromatic N) is 3. The average Bonchev–Trinajstić information content (AvgIpc) is 3.39. The molecule has 5 nitrogen and oxygen atoms in total. The number of nitrogens with one attached hydrogen (secondary N) is 1. The smallest absolute Gasteiger partial charge is 0.260 e. The molecule has 2 heterocycles. The monoisotopic (exact) mass is 290 g/mol. The van der Waals surface area contributed by atoms with Crippen molar-refractivity contribution in [2.45, 2.75) is 18.8 Å². The Kier molecular flexibility index (Phi) is 3.04. The van der Waals surface area contributed by atoms with Gasteiger partial charge in [-0.2, -0.15) is 0 Å². The van der Waals surface area contributed by atoms with Crippen LogP contribution >= 0.6 is 0 Å². The molecular weight excluding hydrogens is 276 g/mol. The Morgan fingerprint density at radius 2 is 2.00 bits per heavy atom. The van der Waals surface area contributed by atoms with Crippen molar-refractivity contribution < 1.29 is 4.79 Å². The summed E-state index contributed by atoms with van der Waals surface area (Å²) in [5.74, 6) is 0.730. The molecule has 0 aliphatic heterocycles. The van der Waals surface area contributed by atoms with Gasteiger partial charge in [-0.3, -0.25) is 4.79 Å². The molecule has 3 aromatic rings. The largest absolute Gasteiger partial charge is 0.306 e. The number of para-hydroxylation sites is 1. The number of rotatable bonds is 3. The Hall–Kier alpha value is -2.82. The van der Waals surface area contributed by atoms with Gasteiger partial charge in [-0.05, 0) is 31.0 Å². The van der Waals surface area contributed by atoms with Crippen LogP contribution in [0.3, 0.4) is 0 Å². The first-order valence-corrected chi connectivity index (χ1v) is 7.28. The van der Waals surface area contributed by atoms with E-state index >= 15 is 0 Å². The lowest BCUT2D eigenvalue weighted by Gasteiger charge is -2.08. The summed E-state index contributed by atoms with van der Waals surface area (Å²) in [4.78, 5) is 25.2. The summed E-state index contributed by atoms with van der Waals surface area (Å²) in [7, 11) is 0. The second-order valence-corrected chi connectivity index (χ2v) is 5.44. The van der Waals surface area contributed by atoms with Gasteiger partial charge in [-0.25, -0.2) is 15.0 Å². The van der Waals surface area contributed by atoms with E-state index in [1.807, 2.05) is 30.3 Å². The Morgan fingerprint density at radius 3 is 2.86 bits per heavy atom. The molecule has 0 atom stereocenters. The summed E-state index contributed by atoms with van der Waals surface area (Å²) < 4.78 is 0. The average molecular weight is 290 g/mol. The van der Waals surface area contributed by atoms with Crippen LogP contribution in [-0.2, 0) is 0 Å². The Balaban J connectivity index is 1.63. The number of benzene rings is 1. The van der Waals surface area contributed by atoms with Crippen molar-refractivity contribution in [2.75, 3.05) is 5.32 Å². The molecule has 108 valence electrons. The molecule has 5 heteroatoms. The minimum absolute atomic E-state index is 0.203. The van der Waals surface area contributed by atoms with Crippen molar-refractivity contribution in [3.8, 4) is 0 Å². The van der Waals surface area contributed by atoms with Crippen molar-refractivity contribution in [3.63, 3.8) is 0 Å². The number of carbonyl (C=O) groups is 1. The van der Waals surface area contributed by atoms with Crippen molar-refractivity contribution in [2.24, 2.45) is 0 Å². The maximum atomic E-state index is 12.5. The van der Waals surface area contributed by atoms with E-state index in [0.717, 1.165) is 29.4 Å². The zero-order valence-electron chi connectivity index (χ0n) is 11.9. The fourth-order valence-corrected chi connectivity index (χ4v) is 2.52. The molecule has 1 aromatic carbocycles. The maximum Gasteiger partial charge on any atom is 0.260 e. The predicted molar refractivity (Wildman–Crippen MR) is 83.7 cm³/mol. The number of fused-ring (bicyclic) bond motifs is 1. The predicted octanol–water partition coefficient (Wildman–Crippen LogP) is 3.15. The standard InChI is InChI=1S/C17H14N4O/c22-17(13-9-18-10-19-16(13)12-5-6-12)21-15-8-7-11-3-1-2-4-14(11)20-15/h1-4,7-10,12H,5-6H2,(H,20,21,22). The van der Waals surface area contributed by atoms with Gasteiger partial charge in [0, 0.05) is 17.5 Å². The number of pyridine rings is 1. The van der Waals surface area contributed by atoms with Gasteiger partial charge in [-0.1, -0.05) is 18.2 Å². The second kappa shape index (κ2) is 5.18. The first-order chi connectivity index (χ1) is 10.8. The minimum Gasteiger partial charge on any atom is -0.306 e. The molecule has 1 saturated carbocycles. The van der Waals surface area contributed by atoms with Crippen molar-refractivity contribution in [1.29, 1.82) is 0 Å². The van der Waals surface area contributed by atoms with Crippen LogP contribution < -0.4 is 5.32 Å². The Morgan fingerprint density at radius 1 is 1.14 bits per heavy atom. The molecule has 0 unspecified atom stereocenters. The van der Waals surface area contributed by atoms with E-state index < -0.39 is 0 Å². The van der Waals surface area contributed by atoms with Gasteiger partial charge in [0.05, 0.1) is 16.8 Å². The summed E-state index contributed by atoms with van der Waals surface area (Å²) in [6, 6.07) is 11.6. The van der Waals surface area contributed by atoms with Crippen LogP contribution in [0.1, 0.15) is 34.8 Å². The summed E-state index contributed by atoms with van der Waals surface area (Å²) in [6.07, 6.45) is 5.26. The maximum absolute atomic E-state index is 12.5. The molecule has 4 rings (SSSR count). The molecule has 1 aliphatic rings. The summed E-state index contributed by atoms with van der Waals surface area (Å²) in [5, 5.41) is 3.89. The highest BCUT2D eigenvalue weighted by Gasteiger charge is 2.29. The van der Waals surface area contributed by atoms with E-state index in [0.29, 0.717) is 17.3 Å². The van der Waals surface area contributed by atoms with Crippen LogP contribution in [-0.4, -0.2) is 20.9 Å². The number of aromatic nitrogens is 3. The van der Waals surface area contributed by atoms with Crippen molar-refractivity contribution >= 4 is 22.6 Å². The van der Waals surface area contributed by atoms with Crippen LogP contribution in [0.2, 0.25) is 0 Å². The van der Waals surface area contributed by atoms with Crippen LogP contribution in [0.4, 0.5) is 5.82 Å². The van der Waals surface area contributed by atoms with E-state index in [9.17, 15) is 4.79 Å². The van der Waals surface area contributed by atoms with E-state index in [2.05, 4.69) is 20.3 Å². The molecule has 0 bridgehead atoms. The van der Waals surface area contributed by atoms with E-state index in [1.54, 1.807) is 12.3 Å². The lowest BCUT2D eigenvalue weighted by Crippen LogP contribution is -2.16. The summed E-state index contributed by atoms with van der Waals surface area (Å²) >= 11 is 0. The number of anilines is 1. The van der Waals surface area contributed by atoms with Gasteiger partial charge in [0.1, 0.15) is 12.1 Å². The molecule has 2 aromatic heterocycles. The van der Waals surface area contributed by atoms with Gasteiger partial charge >= 0.3 is 0 Å². The molecule has 1 fully saturated rings. The zero-order chi connectivity index (χ0) is 14.9. The van der Waals surface area contributed by atoms with Crippen molar-refractivity contribution in [3.05, 3.63) is 60.2 Å². The van der Waals surface area contributed by atoms with E-state index in [1.165, 1.54) is 6.33 Å². The second-order valence-electron chi connectivity index (χ2n) is 5.44. The normalized spacial score (nSPS) is 14.0. The first kappa shape index (κ1) is 12.9. The number of hydrogen-bond acceptors (Lipinski definition) is 4. The highest BCUT2D eigenvalue weighted by Crippen LogP contribution is 2.40. The van der Waals surface area contributed by atoms with Gasteiger partial charge in [0.25, 0.3) is 5.91 Å². The lowest BCUT2D eigenvalue weighted by molar-refractivity contribution is 0.102. The number of amides is 1. The Labute approximate surface area is 127 Å². The highest BCUT2D eigenvalue weighted by atomic mass is 16.1. The van der Waals surface area contributed by atoms with Gasteiger partial charge in [0.15, 0.2) is 0 Å². The van der Waals surface area contributed by atoms with Crippen molar-refractivity contribution in [1.82, 2.24) is 15.0 Å². The summed E-state index contributed by atoms with van der Waals surface area (Å²) in [6.45, 7) is 0. The third-order valence-electron chi connectivity index (χ3n) is 3.79. The molecule has 0 radical (unpaired) electrons. The van der Waals surface area contributed by atoms with Crippen LogP contribution in [0.25, 0.3) is 10.9 Å². The topological polar surface area (TPSA) is 67.8 Å². The SMILES string of the molecule is O=C(Nc1ccc2ccccc2n1)c1cncnc1C1CC1. The highest BCUT2D eigenvalue weighted by molar-refractivity contribution is 6.04. The van der Waals surface area contributed by atoms with E-state index in [4.69, 9.17) is 0 Å².